The van der Waals surface area contributed by atoms with Crippen molar-refractivity contribution in [2.45, 2.75) is 32.9 Å². The second kappa shape index (κ2) is 8.71. The van der Waals surface area contributed by atoms with E-state index < -0.39 is 0 Å². The molecule has 0 bridgehead atoms. The molecule has 1 N–H and O–H groups in total. The van der Waals surface area contributed by atoms with Gasteiger partial charge in [0, 0.05) is 31.4 Å². The minimum absolute atomic E-state index is 0.0415. The van der Waals surface area contributed by atoms with E-state index in [9.17, 15) is 9.59 Å². The molecule has 3 aromatic rings. The Hall–Kier alpha value is -3.48. The lowest BCUT2D eigenvalue weighted by molar-refractivity contribution is -0.117. The Kier molecular flexibility index (Phi) is 5.84. The summed E-state index contributed by atoms with van der Waals surface area (Å²) < 4.78 is 12.7. The molecule has 1 aliphatic rings. The largest absolute Gasteiger partial charge is 0.497 e. The molecule has 2 amide bonds. The molecule has 7 nitrogen and oxygen atoms in total. The summed E-state index contributed by atoms with van der Waals surface area (Å²) in [6, 6.07) is 13.3. The topological polar surface area (TPSA) is 72.8 Å². The number of amides is 2. The van der Waals surface area contributed by atoms with Crippen molar-refractivity contribution < 1.29 is 19.1 Å². The number of aryl methyl sites for hydroxylation is 1. The molecule has 1 aromatic heterocycles. The molecule has 0 radical (unpaired) electrons. The highest BCUT2D eigenvalue weighted by atomic mass is 16.5. The van der Waals surface area contributed by atoms with Gasteiger partial charge in [0.25, 0.3) is 5.91 Å². The molecular weight excluding hydrogens is 394 g/mol. The number of anilines is 1. The molecule has 0 saturated carbocycles. The van der Waals surface area contributed by atoms with Crippen molar-refractivity contribution in [1.82, 2.24) is 9.88 Å². The van der Waals surface area contributed by atoms with E-state index in [1.54, 1.807) is 19.1 Å². The van der Waals surface area contributed by atoms with Crippen molar-refractivity contribution in [2.24, 2.45) is 0 Å². The Bertz CT molecular complexity index is 1140. The molecule has 0 aliphatic carbocycles. The van der Waals surface area contributed by atoms with Crippen LogP contribution in [-0.2, 0) is 17.9 Å². The van der Waals surface area contributed by atoms with Crippen LogP contribution in [0, 0.1) is 0 Å². The van der Waals surface area contributed by atoms with E-state index in [1.165, 1.54) is 0 Å². The summed E-state index contributed by atoms with van der Waals surface area (Å²) in [6.07, 6.45) is 1.28. The molecule has 2 heterocycles. The molecule has 1 saturated heterocycles. The molecule has 2 aromatic carbocycles. The first-order valence-corrected chi connectivity index (χ1v) is 10.5. The molecule has 1 fully saturated rings. The molecule has 0 unspecified atom stereocenters. The van der Waals surface area contributed by atoms with Crippen LogP contribution in [0.2, 0.25) is 0 Å². The summed E-state index contributed by atoms with van der Waals surface area (Å²) in [4.78, 5) is 27.8. The van der Waals surface area contributed by atoms with Crippen molar-refractivity contribution >= 4 is 28.4 Å². The van der Waals surface area contributed by atoms with E-state index >= 15 is 0 Å². The van der Waals surface area contributed by atoms with Crippen molar-refractivity contribution in [2.75, 3.05) is 25.7 Å². The average molecular weight is 421 g/mol. The fourth-order valence-electron chi connectivity index (χ4n) is 4.21. The van der Waals surface area contributed by atoms with Gasteiger partial charge in [-0.3, -0.25) is 9.59 Å². The van der Waals surface area contributed by atoms with Crippen molar-refractivity contribution in [3.63, 3.8) is 0 Å². The minimum Gasteiger partial charge on any atom is -0.497 e. The van der Waals surface area contributed by atoms with Crippen LogP contribution in [0.4, 0.5) is 5.69 Å². The molecule has 7 heteroatoms. The van der Waals surface area contributed by atoms with Crippen LogP contribution in [0.3, 0.4) is 0 Å². The zero-order chi connectivity index (χ0) is 22.0. The van der Waals surface area contributed by atoms with E-state index in [4.69, 9.17) is 9.47 Å². The maximum absolute atomic E-state index is 13.4. The predicted molar refractivity (Wildman–Crippen MR) is 120 cm³/mol. The van der Waals surface area contributed by atoms with Gasteiger partial charge in [-0.1, -0.05) is 12.1 Å². The monoisotopic (exact) mass is 421 g/mol. The zero-order valence-electron chi connectivity index (χ0n) is 18.1. The van der Waals surface area contributed by atoms with Crippen LogP contribution in [0.15, 0.2) is 42.5 Å². The number of carbonyl (C=O) groups is 2. The van der Waals surface area contributed by atoms with Gasteiger partial charge in [-0.15, -0.1) is 0 Å². The van der Waals surface area contributed by atoms with Gasteiger partial charge < -0.3 is 24.3 Å². The van der Waals surface area contributed by atoms with Crippen LogP contribution in [0.25, 0.3) is 10.9 Å². The molecule has 1 aliphatic heterocycles. The van der Waals surface area contributed by atoms with Crippen molar-refractivity contribution in [3.8, 4) is 11.5 Å². The summed E-state index contributed by atoms with van der Waals surface area (Å²) in [7, 11) is 3.23. The van der Waals surface area contributed by atoms with Gasteiger partial charge in [0.2, 0.25) is 5.91 Å². The Morgan fingerprint density at radius 2 is 1.87 bits per heavy atom. The van der Waals surface area contributed by atoms with Crippen LogP contribution < -0.4 is 19.7 Å². The van der Waals surface area contributed by atoms with Crippen LogP contribution >= 0.6 is 0 Å². The summed E-state index contributed by atoms with van der Waals surface area (Å²) in [5, 5.41) is 3.87. The maximum Gasteiger partial charge on any atom is 0.270 e. The lowest BCUT2D eigenvalue weighted by Crippen LogP contribution is -2.30. The normalized spacial score (nSPS) is 13.6. The SMILES string of the molecule is CCn1c(C(=O)NCc2cccc(OC)c2)c(N2CCCC2=O)c2cc(OC)ccc21. The minimum atomic E-state index is -0.213. The number of aromatic nitrogens is 1. The second-order valence-electron chi connectivity index (χ2n) is 7.51. The standard InChI is InChI=1S/C24H27N3O4/c1-4-26-20-11-10-18(31-3)14-19(20)22(27-12-6-9-21(27)28)23(26)24(29)25-15-16-7-5-8-17(13-16)30-2/h5,7-8,10-11,13-14H,4,6,9,12,15H2,1-3H3,(H,25,29). The van der Waals surface area contributed by atoms with Crippen LogP contribution in [0.5, 0.6) is 11.5 Å². The Morgan fingerprint density at radius 1 is 1.10 bits per heavy atom. The predicted octanol–water partition coefficient (Wildman–Crippen LogP) is 3.74. The molecular formula is C24H27N3O4. The van der Waals surface area contributed by atoms with E-state index in [0.717, 1.165) is 28.6 Å². The van der Waals surface area contributed by atoms with Gasteiger partial charge in [0.05, 0.1) is 25.4 Å². The highest BCUT2D eigenvalue weighted by molar-refractivity contribution is 6.14. The Morgan fingerprint density at radius 3 is 2.55 bits per heavy atom. The van der Waals surface area contributed by atoms with E-state index in [2.05, 4.69) is 5.32 Å². The summed E-state index contributed by atoms with van der Waals surface area (Å²) in [5.41, 5.74) is 3.02. The third kappa shape index (κ3) is 3.83. The molecule has 0 spiro atoms. The molecule has 162 valence electrons. The Labute approximate surface area is 181 Å². The van der Waals surface area contributed by atoms with Gasteiger partial charge in [0.15, 0.2) is 0 Å². The Balaban J connectivity index is 1.77. The number of methoxy groups -OCH3 is 2. The molecule has 4 rings (SSSR count). The summed E-state index contributed by atoms with van der Waals surface area (Å²) in [6.45, 7) is 3.57. The second-order valence-corrected chi connectivity index (χ2v) is 7.51. The van der Waals surface area contributed by atoms with Crippen LogP contribution in [0.1, 0.15) is 35.8 Å². The smallest absolute Gasteiger partial charge is 0.270 e. The summed E-state index contributed by atoms with van der Waals surface area (Å²) >= 11 is 0. The van der Waals surface area contributed by atoms with Gasteiger partial charge in [-0.05, 0) is 49.2 Å². The first-order valence-electron chi connectivity index (χ1n) is 10.5. The van der Waals surface area contributed by atoms with Gasteiger partial charge in [-0.25, -0.2) is 0 Å². The highest BCUT2D eigenvalue weighted by Crippen LogP contribution is 2.38. The van der Waals surface area contributed by atoms with Gasteiger partial charge in [-0.2, -0.15) is 0 Å². The molecule has 0 atom stereocenters. The third-order valence-corrected chi connectivity index (χ3v) is 5.71. The fourth-order valence-corrected chi connectivity index (χ4v) is 4.21. The third-order valence-electron chi connectivity index (χ3n) is 5.71. The number of hydrogen-bond acceptors (Lipinski definition) is 4. The lowest BCUT2D eigenvalue weighted by Gasteiger charge is -2.18. The average Bonchev–Trinajstić information content (AvgIpc) is 3.36. The number of ether oxygens (including phenoxy) is 2. The van der Waals surface area contributed by atoms with Crippen molar-refractivity contribution in [3.05, 3.63) is 53.7 Å². The van der Waals surface area contributed by atoms with E-state index in [-0.39, 0.29) is 11.8 Å². The van der Waals surface area contributed by atoms with Gasteiger partial charge in [0.1, 0.15) is 17.2 Å². The van der Waals surface area contributed by atoms with Crippen LogP contribution in [-0.4, -0.2) is 37.1 Å². The number of hydrogen-bond donors (Lipinski definition) is 1. The van der Waals surface area contributed by atoms with E-state index in [0.29, 0.717) is 43.2 Å². The first-order chi connectivity index (χ1) is 15.1. The quantitative estimate of drug-likeness (QED) is 0.631. The van der Waals surface area contributed by atoms with E-state index in [1.807, 2.05) is 54.0 Å². The van der Waals surface area contributed by atoms with Crippen molar-refractivity contribution in [1.29, 1.82) is 0 Å². The number of fused-ring (bicyclic) bond motifs is 1. The lowest BCUT2D eigenvalue weighted by atomic mass is 10.1. The first kappa shape index (κ1) is 20.8. The number of nitrogens with zero attached hydrogens (tertiary/aromatic N) is 2. The van der Waals surface area contributed by atoms with Gasteiger partial charge >= 0.3 is 0 Å². The zero-order valence-corrected chi connectivity index (χ0v) is 18.1. The number of carbonyl (C=O) groups excluding carboxylic acids is 2. The highest BCUT2D eigenvalue weighted by Gasteiger charge is 2.31. The number of nitrogens with one attached hydrogen (secondary N) is 1. The molecule has 31 heavy (non-hydrogen) atoms. The summed E-state index contributed by atoms with van der Waals surface area (Å²) in [5.74, 6) is 1.26. The maximum atomic E-state index is 13.4. The number of rotatable bonds is 7. The number of benzene rings is 2. The fraction of sp³-hybridized carbons (Fsp3) is 0.333.